The van der Waals surface area contributed by atoms with Gasteiger partial charge < -0.3 is 5.73 Å². The van der Waals surface area contributed by atoms with Crippen LogP contribution < -0.4 is 11.2 Å². The third-order valence-corrected chi connectivity index (χ3v) is 0.969. The number of hydrogen-bond donors (Lipinski definition) is 2. The number of carbonyl (C=O) groups is 1. The van der Waals surface area contributed by atoms with Crippen LogP contribution >= 0.6 is 0 Å². The van der Waals surface area contributed by atoms with E-state index < -0.39 is 6.03 Å². The van der Waals surface area contributed by atoms with Crippen LogP contribution in [0.1, 0.15) is 20.3 Å². The minimum Gasteiger partial charge on any atom is -0.350 e. The fourth-order valence-electron chi connectivity index (χ4n) is 0.572. The average Bonchev–Trinajstić information content (AvgIpc) is 1.87. The number of hydrogen-bond acceptors (Lipinski definition) is 2. The number of rotatable bonds is 3. The lowest BCUT2D eigenvalue weighted by atomic mass is 10.3. The summed E-state index contributed by atoms with van der Waals surface area (Å²) in [6.45, 7) is 3.93. The molecule has 0 heterocycles. The highest BCUT2D eigenvalue weighted by atomic mass is 16.2. The van der Waals surface area contributed by atoms with Crippen LogP contribution in [0, 0.1) is 0 Å². The highest BCUT2D eigenvalue weighted by molar-refractivity contribution is 5.79. The van der Waals surface area contributed by atoms with Crippen LogP contribution in [0.3, 0.4) is 0 Å². The van der Waals surface area contributed by atoms with Gasteiger partial charge in [-0.25, -0.2) is 10.2 Å². The normalized spacial score (nSPS) is 12.0. The van der Waals surface area contributed by atoms with E-state index in [1.54, 1.807) is 6.21 Å². The molecular formula is C7H13N3O. The summed E-state index contributed by atoms with van der Waals surface area (Å²) in [5.74, 6) is 0. The van der Waals surface area contributed by atoms with Gasteiger partial charge in [0.25, 0.3) is 0 Å². The van der Waals surface area contributed by atoms with Crippen molar-refractivity contribution in [2.24, 2.45) is 10.8 Å². The van der Waals surface area contributed by atoms with Crippen molar-refractivity contribution in [2.75, 3.05) is 0 Å². The van der Waals surface area contributed by atoms with Gasteiger partial charge in [-0.2, -0.15) is 5.10 Å². The third-order valence-electron chi connectivity index (χ3n) is 0.969. The first-order valence-corrected chi connectivity index (χ1v) is 3.42. The van der Waals surface area contributed by atoms with Gasteiger partial charge in [-0.3, -0.25) is 0 Å². The fraction of sp³-hybridized carbons (Fsp3) is 0.429. The summed E-state index contributed by atoms with van der Waals surface area (Å²) in [6, 6.07) is -0.648. The van der Waals surface area contributed by atoms with Gasteiger partial charge in [0.15, 0.2) is 0 Å². The first-order chi connectivity index (χ1) is 5.16. The lowest BCUT2D eigenvalue weighted by molar-refractivity contribution is 0.249. The van der Waals surface area contributed by atoms with E-state index >= 15 is 0 Å². The summed E-state index contributed by atoms with van der Waals surface area (Å²) in [4.78, 5) is 10.1. The molecule has 0 saturated carbocycles. The Morgan fingerprint density at radius 1 is 1.73 bits per heavy atom. The first-order valence-electron chi connectivity index (χ1n) is 3.42. The highest BCUT2D eigenvalue weighted by Crippen LogP contribution is 1.89. The van der Waals surface area contributed by atoms with E-state index in [1.807, 2.05) is 19.9 Å². The second kappa shape index (κ2) is 5.46. The molecule has 0 aliphatic rings. The van der Waals surface area contributed by atoms with Gasteiger partial charge in [0, 0.05) is 6.21 Å². The standard InChI is InChI=1S/C7H13N3O/c1-3-4-6(2)5-9-10-7(8)11/h4-5H,3H2,1-2H3,(H3,8,10,11)/b6-4+,9-5+. The molecule has 0 atom stereocenters. The minimum atomic E-state index is -0.648. The summed E-state index contributed by atoms with van der Waals surface area (Å²) in [7, 11) is 0. The van der Waals surface area contributed by atoms with E-state index in [4.69, 9.17) is 5.73 Å². The highest BCUT2D eigenvalue weighted by Gasteiger charge is 1.83. The zero-order valence-electron chi connectivity index (χ0n) is 6.79. The predicted octanol–water partition coefficient (Wildman–Crippen LogP) is 0.997. The van der Waals surface area contributed by atoms with Crippen LogP contribution in [0.2, 0.25) is 0 Å². The Morgan fingerprint density at radius 3 is 2.82 bits per heavy atom. The molecule has 0 bridgehead atoms. The number of carbonyl (C=O) groups excluding carboxylic acids is 1. The van der Waals surface area contributed by atoms with Crippen molar-refractivity contribution in [1.29, 1.82) is 0 Å². The predicted molar refractivity (Wildman–Crippen MR) is 45.3 cm³/mol. The number of urea groups is 1. The second-order valence-corrected chi connectivity index (χ2v) is 2.09. The summed E-state index contributed by atoms with van der Waals surface area (Å²) in [6.07, 6.45) is 4.49. The Morgan fingerprint density at radius 2 is 2.36 bits per heavy atom. The van der Waals surface area contributed by atoms with Gasteiger partial charge in [0.1, 0.15) is 0 Å². The van der Waals surface area contributed by atoms with Crippen molar-refractivity contribution in [3.63, 3.8) is 0 Å². The molecule has 0 aliphatic heterocycles. The molecule has 0 rings (SSSR count). The molecule has 0 spiro atoms. The molecule has 4 nitrogen and oxygen atoms in total. The van der Waals surface area contributed by atoms with Crippen LogP contribution in [-0.2, 0) is 0 Å². The fourth-order valence-corrected chi connectivity index (χ4v) is 0.572. The Hall–Kier alpha value is -1.32. The molecule has 0 aliphatic carbocycles. The van der Waals surface area contributed by atoms with Gasteiger partial charge in [-0.05, 0) is 18.9 Å². The van der Waals surface area contributed by atoms with Crippen molar-refractivity contribution in [1.82, 2.24) is 5.43 Å². The number of allylic oxidation sites excluding steroid dienone is 2. The largest absolute Gasteiger partial charge is 0.350 e. The van der Waals surface area contributed by atoms with Gasteiger partial charge in [0.05, 0.1) is 0 Å². The number of nitrogens with zero attached hydrogens (tertiary/aromatic N) is 1. The van der Waals surface area contributed by atoms with E-state index in [2.05, 4.69) is 10.5 Å². The van der Waals surface area contributed by atoms with Gasteiger partial charge in [-0.15, -0.1) is 0 Å². The molecule has 0 aromatic heterocycles. The monoisotopic (exact) mass is 155 g/mol. The number of amides is 2. The minimum absolute atomic E-state index is 0.648. The SMILES string of the molecule is CC/C=C(C)/C=N/NC(N)=O. The zero-order valence-corrected chi connectivity index (χ0v) is 6.79. The number of hydrazone groups is 1. The lowest BCUT2D eigenvalue weighted by Gasteiger charge is -1.90. The Kier molecular flexibility index (Phi) is 4.81. The molecule has 0 saturated heterocycles. The second-order valence-electron chi connectivity index (χ2n) is 2.09. The van der Waals surface area contributed by atoms with E-state index in [0.29, 0.717) is 0 Å². The first kappa shape index (κ1) is 9.68. The molecule has 2 amide bonds. The molecule has 62 valence electrons. The molecule has 11 heavy (non-hydrogen) atoms. The lowest BCUT2D eigenvalue weighted by Crippen LogP contribution is -2.24. The number of nitrogens with one attached hydrogen (secondary N) is 1. The van der Waals surface area contributed by atoms with Crippen LogP contribution in [0.4, 0.5) is 4.79 Å². The molecule has 0 aromatic rings. The molecular weight excluding hydrogens is 142 g/mol. The third kappa shape index (κ3) is 6.57. The van der Waals surface area contributed by atoms with Gasteiger partial charge >= 0.3 is 6.03 Å². The summed E-state index contributed by atoms with van der Waals surface area (Å²) >= 11 is 0. The Labute approximate surface area is 66.2 Å². The topological polar surface area (TPSA) is 67.5 Å². The maximum Gasteiger partial charge on any atom is 0.332 e. The quantitative estimate of drug-likeness (QED) is 0.463. The van der Waals surface area contributed by atoms with E-state index in [-0.39, 0.29) is 0 Å². The maximum absolute atomic E-state index is 10.1. The van der Waals surface area contributed by atoms with Crippen molar-refractivity contribution in [3.8, 4) is 0 Å². The smallest absolute Gasteiger partial charge is 0.332 e. The van der Waals surface area contributed by atoms with E-state index in [9.17, 15) is 4.79 Å². The molecule has 3 N–H and O–H groups in total. The molecule has 4 heteroatoms. The molecule has 0 aromatic carbocycles. The van der Waals surface area contributed by atoms with Crippen molar-refractivity contribution < 1.29 is 4.79 Å². The van der Waals surface area contributed by atoms with Crippen molar-refractivity contribution in [3.05, 3.63) is 11.6 Å². The Bertz CT molecular complexity index is 184. The molecule has 0 radical (unpaired) electrons. The van der Waals surface area contributed by atoms with E-state index in [0.717, 1.165) is 12.0 Å². The van der Waals surface area contributed by atoms with Crippen LogP contribution in [0.25, 0.3) is 0 Å². The van der Waals surface area contributed by atoms with Crippen molar-refractivity contribution in [2.45, 2.75) is 20.3 Å². The van der Waals surface area contributed by atoms with E-state index in [1.165, 1.54) is 0 Å². The van der Waals surface area contributed by atoms with Crippen LogP contribution in [0.15, 0.2) is 16.8 Å². The average molecular weight is 155 g/mol. The van der Waals surface area contributed by atoms with Crippen LogP contribution in [0.5, 0.6) is 0 Å². The zero-order chi connectivity index (χ0) is 8.69. The summed E-state index contributed by atoms with van der Waals surface area (Å²) < 4.78 is 0. The summed E-state index contributed by atoms with van der Waals surface area (Å²) in [5, 5.41) is 3.57. The number of primary amides is 1. The summed E-state index contributed by atoms with van der Waals surface area (Å²) in [5.41, 5.74) is 7.87. The molecule has 0 unspecified atom stereocenters. The van der Waals surface area contributed by atoms with Crippen molar-refractivity contribution >= 4 is 12.2 Å². The maximum atomic E-state index is 10.1. The van der Waals surface area contributed by atoms with Gasteiger partial charge in [-0.1, -0.05) is 13.0 Å². The number of nitrogens with two attached hydrogens (primary N) is 1. The molecule has 0 fully saturated rings. The van der Waals surface area contributed by atoms with Crippen LogP contribution in [-0.4, -0.2) is 12.2 Å². The van der Waals surface area contributed by atoms with Gasteiger partial charge in [0.2, 0.25) is 0 Å². The Balaban J connectivity index is 3.74.